The van der Waals surface area contributed by atoms with Crippen LogP contribution in [0.25, 0.3) is 11.4 Å². The number of anilines is 1. The highest BCUT2D eigenvalue weighted by Crippen LogP contribution is 2.26. The number of hydrogen-bond donors (Lipinski definition) is 2. The normalized spacial score (nSPS) is 21.0. The molecule has 1 aliphatic carbocycles. The fourth-order valence-corrected chi connectivity index (χ4v) is 2.86. The first kappa shape index (κ1) is 14.6. The summed E-state index contributed by atoms with van der Waals surface area (Å²) < 4.78 is 1.72. The zero-order chi connectivity index (χ0) is 15.5. The van der Waals surface area contributed by atoms with Crippen LogP contribution in [0.3, 0.4) is 0 Å². The number of carbonyl (C=O) groups excluding carboxylic acids is 1. The lowest BCUT2D eigenvalue weighted by molar-refractivity contribution is -0.119. The fraction of sp³-hybridized carbons (Fsp3) is 0.467. The molecule has 0 radical (unpaired) electrons. The van der Waals surface area contributed by atoms with Crippen molar-refractivity contribution in [2.24, 2.45) is 11.7 Å². The van der Waals surface area contributed by atoms with Crippen LogP contribution >= 0.6 is 0 Å². The fourth-order valence-electron chi connectivity index (χ4n) is 2.86. The van der Waals surface area contributed by atoms with Gasteiger partial charge in [-0.25, -0.2) is 4.68 Å². The van der Waals surface area contributed by atoms with Gasteiger partial charge in [-0.3, -0.25) is 4.79 Å². The Morgan fingerprint density at radius 2 is 2.32 bits per heavy atom. The Bertz CT molecular complexity index is 668. The van der Waals surface area contributed by atoms with E-state index in [1.807, 2.05) is 31.2 Å². The summed E-state index contributed by atoms with van der Waals surface area (Å²) in [7, 11) is 0. The molecule has 0 aliphatic heterocycles. The minimum Gasteiger partial charge on any atom is -0.328 e. The van der Waals surface area contributed by atoms with Crippen LogP contribution in [0.2, 0.25) is 0 Å². The molecule has 0 spiro atoms. The highest BCUT2D eigenvalue weighted by Gasteiger charge is 2.27. The van der Waals surface area contributed by atoms with Gasteiger partial charge in [0.15, 0.2) is 5.82 Å². The molecule has 2 aromatic rings. The summed E-state index contributed by atoms with van der Waals surface area (Å²) in [5.74, 6) is 0.751. The topological polar surface area (TPSA) is 98.7 Å². The van der Waals surface area contributed by atoms with Crippen LogP contribution < -0.4 is 11.1 Å². The minimum absolute atomic E-state index is 0.0135. The number of aryl methyl sites for hydroxylation is 1. The first-order valence-electron chi connectivity index (χ1n) is 7.60. The van der Waals surface area contributed by atoms with Crippen molar-refractivity contribution in [1.29, 1.82) is 0 Å². The lowest BCUT2D eigenvalue weighted by Gasteiger charge is -2.11. The van der Waals surface area contributed by atoms with Gasteiger partial charge in [0, 0.05) is 29.8 Å². The summed E-state index contributed by atoms with van der Waals surface area (Å²) in [6.07, 6.45) is 2.55. The van der Waals surface area contributed by atoms with Crippen molar-refractivity contribution in [3.05, 3.63) is 24.3 Å². The lowest BCUT2D eigenvalue weighted by Crippen LogP contribution is -2.23. The number of carbonyl (C=O) groups is 1. The van der Waals surface area contributed by atoms with E-state index in [4.69, 9.17) is 5.73 Å². The molecular formula is C15H20N6O. The average molecular weight is 300 g/mol. The largest absolute Gasteiger partial charge is 0.328 e. The Labute approximate surface area is 128 Å². The molecule has 1 heterocycles. The minimum atomic E-state index is 0.0135. The first-order valence-corrected chi connectivity index (χ1v) is 7.60. The summed E-state index contributed by atoms with van der Waals surface area (Å²) in [5.41, 5.74) is 7.51. The predicted octanol–water partition coefficient (Wildman–Crippen LogP) is 1.43. The number of nitrogens with one attached hydrogen (secondary N) is 1. The van der Waals surface area contributed by atoms with E-state index in [1.54, 1.807) is 4.68 Å². The molecule has 1 amide bonds. The SMILES string of the molecule is CCn1nnnc1-c1cccc(NC(=O)C2CCC(N)C2)c1. The summed E-state index contributed by atoms with van der Waals surface area (Å²) in [4.78, 5) is 12.3. The van der Waals surface area contributed by atoms with E-state index in [0.29, 0.717) is 12.4 Å². The Morgan fingerprint density at radius 3 is 3.05 bits per heavy atom. The van der Waals surface area contributed by atoms with Crippen LogP contribution in [0.1, 0.15) is 26.2 Å². The van der Waals surface area contributed by atoms with E-state index < -0.39 is 0 Å². The molecule has 0 saturated heterocycles. The summed E-state index contributed by atoms with van der Waals surface area (Å²) >= 11 is 0. The number of rotatable bonds is 4. The van der Waals surface area contributed by atoms with Crippen molar-refractivity contribution >= 4 is 11.6 Å². The molecule has 1 aromatic carbocycles. The van der Waals surface area contributed by atoms with Gasteiger partial charge in [-0.2, -0.15) is 0 Å². The molecule has 1 aromatic heterocycles. The Morgan fingerprint density at radius 1 is 1.45 bits per heavy atom. The number of nitrogens with two attached hydrogens (primary N) is 1. The van der Waals surface area contributed by atoms with Gasteiger partial charge in [-0.1, -0.05) is 12.1 Å². The predicted molar refractivity (Wildman–Crippen MR) is 82.9 cm³/mol. The second-order valence-electron chi connectivity index (χ2n) is 5.66. The van der Waals surface area contributed by atoms with Crippen LogP contribution in [0, 0.1) is 5.92 Å². The van der Waals surface area contributed by atoms with E-state index in [-0.39, 0.29) is 17.9 Å². The molecular weight excluding hydrogens is 280 g/mol. The first-order chi connectivity index (χ1) is 10.7. The van der Waals surface area contributed by atoms with E-state index in [1.165, 1.54) is 0 Å². The zero-order valence-electron chi connectivity index (χ0n) is 12.6. The molecule has 2 atom stereocenters. The Hall–Kier alpha value is -2.28. The second-order valence-corrected chi connectivity index (χ2v) is 5.66. The van der Waals surface area contributed by atoms with Gasteiger partial charge in [-0.05, 0) is 48.7 Å². The molecule has 0 bridgehead atoms. The van der Waals surface area contributed by atoms with Crippen LogP contribution in [0.4, 0.5) is 5.69 Å². The molecule has 22 heavy (non-hydrogen) atoms. The highest BCUT2D eigenvalue weighted by molar-refractivity contribution is 5.93. The van der Waals surface area contributed by atoms with E-state index in [2.05, 4.69) is 20.8 Å². The van der Waals surface area contributed by atoms with Crippen LogP contribution in [0.5, 0.6) is 0 Å². The van der Waals surface area contributed by atoms with Crippen LogP contribution in [-0.4, -0.2) is 32.2 Å². The molecule has 2 unspecified atom stereocenters. The van der Waals surface area contributed by atoms with Gasteiger partial charge in [0.1, 0.15) is 0 Å². The Balaban J connectivity index is 1.75. The van der Waals surface area contributed by atoms with Crippen molar-refractivity contribution < 1.29 is 4.79 Å². The number of aromatic nitrogens is 4. The summed E-state index contributed by atoms with van der Waals surface area (Å²) in [5, 5.41) is 14.6. The number of hydrogen-bond acceptors (Lipinski definition) is 5. The quantitative estimate of drug-likeness (QED) is 0.890. The third-order valence-electron chi connectivity index (χ3n) is 4.06. The molecule has 116 valence electrons. The molecule has 3 rings (SSSR count). The molecule has 3 N–H and O–H groups in total. The zero-order valence-corrected chi connectivity index (χ0v) is 12.6. The van der Waals surface area contributed by atoms with Crippen molar-refractivity contribution in [3.8, 4) is 11.4 Å². The van der Waals surface area contributed by atoms with Gasteiger partial charge in [0.2, 0.25) is 5.91 Å². The number of amides is 1. The van der Waals surface area contributed by atoms with Gasteiger partial charge in [0.05, 0.1) is 0 Å². The van der Waals surface area contributed by atoms with E-state index in [9.17, 15) is 4.79 Å². The number of benzene rings is 1. The van der Waals surface area contributed by atoms with Crippen LogP contribution in [-0.2, 0) is 11.3 Å². The Kier molecular flexibility index (Phi) is 4.15. The summed E-state index contributed by atoms with van der Waals surface area (Å²) in [6.45, 7) is 2.67. The van der Waals surface area contributed by atoms with Gasteiger partial charge >= 0.3 is 0 Å². The number of tetrazole rings is 1. The standard InChI is InChI=1S/C15H20N6O/c1-2-21-14(18-19-20-21)10-4-3-5-13(9-10)17-15(22)11-6-7-12(16)8-11/h3-5,9,11-12H,2,6-8,16H2,1H3,(H,17,22). The van der Waals surface area contributed by atoms with E-state index >= 15 is 0 Å². The maximum absolute atomic E-state index is 12.3. The van der Waals surface area contributed by atoms with Crippen molar-refractivity contribution in [1.82, 2.24) is 20.2 Å². The van der Waals surface area contributed by atoms with Crippen LogP contribution in [0.15, 0.2) is 24.3 Å². The maximum atomic E-state index is 12.3. The molecule has 7 nitrogen and oxygen atoms in total. The smallest absolute Gasteiger partial charge is 0.227 e. The average Bonchev–Trinajstić information content (AvgIpc) is 3.15. The highest BCUT2D eigenvalue weighted by atomic mass is 16.1. The second kappa shape index (κ2) is 6.23. The molecule has 1 fully saturated rings. The van der Waals surface area contributed by atoms with Gasteiger partial charge < -0.3 is 11.1 Å². The van der Waals surface area contributed by atoms with Crippen molar-refractivity contribution in [3.63, 3.8) is 0 Å². The molecule has 7 heteroatoms. The van der Waals surface area contributed by atoms with Gasteiger partial charge in [0.25, 0.3) is 0 Å². The lowest BCUT2D eigenvalue weighted by atomic mass is 10.1. The van der Waals surface area contributed by atoms with Crippen molar-refractivity contribution in [2.45, 2.75) is 38.8 Å². The summed E-state index contributed by atoms with van der Waals surface area (Å²) in [6, 6.07) is 7.73. The number of nitrogens with zero attached hydrogens (tertiary/aromatic N) is 4. The van der Waals surface area contributed by atoms with Gasteiger partial charge in [-0.15, -0.1) is 5.10 Å². The maximum Gasteiger partial charge on any atom is 0.227 e. The third kappa shape index (κ3) is 2.99. The molecule has 1 saturated carbocycles. The molecule has 1 aliphatic rings. The monoisotopic (exact) mass is 300 g/mol. The third-order valence-corrected chi connectivity index (χ3v) is 4.06. The van der Waals surface area contributed by atoms with Crippen molar-refractivity contribution in [2.75, 3.05) is 5.32 Å². The van der Waals surface area contributed by atoms with E-state index in [0.717, 1.165) is 30.5 Å².